The molecule has 1 N–H and O–H groups in total. The van der Waals surface area contributed by atoms with E-state index in [0.717, 1.165) is 15.8 Å². The van der Waals surface area contributed by atoms with Gasteiger partial charge in [0.05, 0.1) is 17.5 Å². The first kappa shape index (κ1) is 18.3. The van der Waals surface area contributed by atoms with Crippen molar-refractivity contribution in [1.29, 1.82) is 0 Å². The van der Waals surface area contributed by atoms with Crippen LogP contribution in [0.25, 0.3) is 11.1 Å². The third-order valence-corrected chi connectivity index (χ3v) is 3.91. The molecule has 0 saturated carbocycles. The zero-order chi connectivity index (χ0) is 19.2. The van der Waals surface area contributed by atoms with Gasteiger partial charge in [0.2, 0.25) is 5.95 Å². The summed E-state index contributed by atoms with van der Waals surface area (Å²) in [6.07, 6.45) is 1.23. The van der Waals surface area contributed by atoms with Crippen LogP contribution in [0.5, 0.6) is 5.75 Å². The molecule has 0 unspecified atom stereocenters. The van der Waals surface area contributed by atoms with Gasteiger partial charge in [0, 0.05) is 7.05 Å². The lowest BCUT2D eigenvalue weighted by Crippen LogP contribution is -2.24. The molecule has 3 aromatic rings. The molecule has 27 heavy (non-hydrogen) atoms. The van der Waals surface area contributed by atoms with Crippen LogP contribution in [0.4, 0.5) is 4.39 Å². The normalized spacial score (nSPS) is 10.9. The van der Waals surface area contributed by atoms with E-state index < -0.39 is 11.9 Å². The largest absolute Gasteiger partial charge is 0.484 e. The van der Waals surface area contributed by atoms with E-state index >= 15 is 0 Å². The topological polar surface area (TPSA) is 68.5 Å². The average molecular weight is 366 g/mol. The van der Waals surface area contributed by atoms with Gasteiger partial charge in [-0.2, -0.15) is 14.6 Å². The van der Waals surface area contributed by atoms with Gasteiger partial charge in [0.15, 0.2) is 6.61 Å². The predicted molar refractivity (Wildman–Crippen MR) is 101 cm³/mol. The number of hydrogen-bond donors (Lipinski definition) is 1. The van der Waals surface area contributed by atoms with Crippen molar-refractivity contribution >= 4 is 12.1 Å². The van der Waals surface area contributed by atoms with Gasteiger partial charge in [-0.15, -0.1) is 0 Å². The molecule has 0 spiro atoms. The van der Waals surface area contributed by atoms with E-state index in [1.165, 1.54) is 13.3 Å². The Kier molecular flexibility index (Phi) is 5.61. The summed E-state index contributed by atoms with van der Waals surface area (Å²) in [6, 6.07) is 17.4. The van der Waals surface area contributed by atoms with Crippen molar-refractivity contribution in [3.05, 3.63) is 71.8 Å². The van der Waals surface area contributed by atoms with Gasteiger partial charge >= 0.3 is 0 Å². The minimum atomic E-state index is -0.514. The monoisotopic (exact) mass is 366 g/mol. The molecule has 0 saturated heterocycles. The first-order chi connectivity index (χ1) is 13.0. The number of benzene rings is 2. The highest BCUT2D eigenvalue weighted by atomic mass is 19.1. The molecule has 0 radical (unpaired) electrons. The van der Waals surface area contributed by atoms with Crippen molar-refractivity contribution in [2.24, 2.45) is 12.1 Å². The van der Waals surface area contributed by atoms with Crippen LogP contribution in [0.1, 0.15) is 11.3 Å². The fraction of sp³-hybridized carbons (Fsp3) is 0.150. The lowest BCUT2D eigenvalue weighted by Gasteiger charge is -2.06. The van der Waals surface area contributed by atoms with Crippen molar-refractivity contribution in [3.63, 3.8) is 0 Å². The second kappa shape index (κ2) is 8.27. The number of aryl methyl sites for hydroxylation is 2. The zero-order valence-electron chi connectivity index (χ0n) is 15.0. The van der Waals surface area contributed by atoms with Crippen molar-refractivity contribution < 1.29 is 13.9 Å². The van der Waals surface area contributed by atoms with Gasteiger partial charge in [0.25, 0.3) is 5.91 Å². The number of carbonyl (C=O) groups is 1. The molecule has 1 amide bonds. The first-order valence-electron chi connectivity index (χ1n) is 8.34. The molecule has 0 aliphatic carbocycles. The van der Waals surface area contributed by atoms with Crippen molar-refractivity contribution in [3.8, 4) is 16.9 Å². The first-order valence-corrected chi connectivity index (χ1v) is 8.34. The van der Waals surface area contributed by atoms with Crippen LogP contribution in [0.15, 0.2) is 59.7 Å². The Morgan fingerprint density at radius 3 is 2.48 bits per heavy atom. The van der Waals surface area contributed by atoms with Gasteiger partial charge in [-0.1, -0.05) is 42.5 Å². The molecule has 138 valence electrons. The van der Waals surface area contributed by atoms with Crippen molar-refractivity contribution in [1.82, 2.24) is 15.2 Å². The molecule has 0 aliphatic rings. The van der Waals surface area contributed by atoms with Crippen LogP contribution in [0.2, 0.25) is 0 Å². The molecule has 0 aliphatic heterocycles. The minimum absolute atomic E-state index is 0.198. The maximum Gasteiger partial charge on any atom is 0.277 e. The summed E-state index contributed by atoms with van der Waals surface area (Å²) in [4.78, 5) is 11.8. The van der Waals surface area contributed by atoms with Crippen LogP contribution < -0.4 is 10.2 Å². The molecule has 2 aromatic carbocycles. The molecule has 3 rings (SSSR count). The fourth-order valence-corrected chi connectivity index (χ4v) is 2.52. The number of hydrogen-bond acceptors (Lipinski definition) is 4. The highest BCUT2D eigenvalue weighted by Gasteiger charge is 2.10. The zero-order valence-corrected chi connectivity index (χ0v) is 15.0. The number of halogens is 1. The predicted octanol–water partition coefficient (Wildman–Crippen LogP) is 3.06. The summed E-state index contributed by atoms with van der Waals surface area (Å²) < 4.78 is 20.3. The third kappa shape index (κ3) is 4.58. The molecule has 1 heterocycles. The number of rotatable bonds is 6. The Labute approximate surface area is 156 Å². The van der Waals surface area contributed by atoms with Crippen molar-refractivity contribution in [2.45, 2.75) is 6.92 Å². The third-order valence-electron chi connectivity index (χ3n) is 3.91. The Balaban J connectivity index is 1.51. The Bertz CT molecular complexity index is 950. The van der Waals surface area contributed by atoms with E-state index in [9.17, 15) is 9.18 Å². The summed E-state index contributed by atoms with van der Waals surface area (Å²) in [5, 5.41) is 7.67. The van der Waals surface area contributed by atoms with Gasteiger partial charge in [-0.05, 0) is 30.2 Å². The summed E-state index contributed by atoms with van der Waals surface area (Å²) in [5.74, 6) is -0.386. The Morgan fingerprint density at radius 2 is 1.85 bits per heavy atom. The van der Waals surface area contributed by atoms with Gasteiger partial charge in [-0.3, -0.25) is 4.79 Å². The van der Waals surface area contributed by atoms with Gasteiger partial charge in [-0.25, -0.2) is 10.1 Å². The van der Waals surface area contributed by atoms with Crippen LogP contribution in [-0.4, -0.2) is 28.5 Å². The van der Waals surface area contributed by atoms with E-state index in [1.54, 1.807) is 19.1 Å². The summed E-state index contributed by atoms with van der Waals surface area (Å²) in [7, 11) is 1.50. The lowest BCUT2D eigenvalue weighted by molar-refractivity contribution is -0.123. The van der Waals surface area contributed by atoms with Crippen LogP contribution >= 0.6 is 0 Å². The number of hydrazone groups is 1. The standard InChI is InChI=1S/C20H19FN4O2/c1-14-18(20(21)25(2)24-14)12-22-23-19(26)13-27-17-10-8-16(9-11-17)15-6-4-3-5-7-15/h3-12H,13H2,1-2H3,(H,23,26)/b22-12-. The smallest absolute Gasteiger partial charge is 0.277 e. The molecule has 0 bridgehead atoms. The number of nitrogens with zero attached hydrogens (tertiary/aromatic N) is 3. The second-order valence-electron chi connectivity index (χ2n) is 5.89. The maximum atomic E-state index is 13.7. The van der Waals surface area contributed by atoms with Crippen LogP contribution in [-0.2, 0) is 11.8 Å². The van der Waals surface area contributed by atoms with Crippen molar-refractivity contribution in [2.75, 3.05) is 6.61 Å². The fourth-order valence-electron chi connectivity index (χ4n) is 2.52. The number of carbonyl (C=O) groups excluding carboxylic acids is 1. The van der Waals surface area contributed by atoms with Crippen LogP contribution in [0.3, 0.4) is 0 Å². The summed E-state index contributed by atoms with van der Waals surface area (Å²) >= 11 is 0. The maximum absolute atomic E-state index is 13.7. The number of nitrogens with one attached hydrogen (secondary N) is 1. The van der Waals surface area contributed by atoms with Crippen LogP contribution in [0, 0.1) is 12.9 Å². The minimum Gasteiger partial charge on any atom is -0.484 e. The number of aromatic nitrogens is 2. The Hall–Kier alpha value is -3.48. The molecule has 1 aromatic heterocycles. The molecule has 0 fully saturated rings. The summed E-state index contributed by atoms with van der Waals surface area (Å²) in [6.45, 7) is 1.46. The lowest BCUT2D eigenvalue weighted by atomic mass is 10.1. The van der Waals surface area contributed by atoms with E-state index in [2.05, 4.69) is 15.6 Å². The molecular weight excluding hydrogens is 347 g/mol. The molecular formula is C20H19FN4O2. The molecule has 7 heteroatoms. The highest BCUT2D eigenvalue weighted by molar-refractivity contribution is 5.83. The number of amides is 1. The van der Waals surface area contributed by atoms with Gasteiger partial charge < -0.3 is 4.74 Å². The van der Waals surface area contributed by atoms with E-state index in [1.807, 2.05) is 42.5 Å². The van der Waals surface area contributed by atoms with Gasteiger partial charge in [0.1, 0.15) is 5.75 Å². The van der Waals surface area contributed by atoms with E-state index in [0.29, 0.717) is 11.4 Å². The quantitative estimate of drug-likeness (QED) is 0.538. The Morgan fingerprint density at radius 1 is 1.19 bits per heavy atom. The highest BCUT2D eigenvalue weighted by Crippen LogP contribution is 2.21. The SMILES string of the molecule is Cc1nn(C)c(F)c1/C=N\NC(=O)COc1ccc(-c2ccccc2)cc1. The number of ether oxygens (including phenoxy) is 1. The average Bonchev–Trinajstić information content (AvgIpc) is 2.93. The van der Waals surface area contributed by atoms with E-state index in [4.69, 9.17) is 4.74 Å². The van der Waals surface area contributed by atoms with E-state index in [-0.39, 0.29) is 12.2 Å². The molecule has 6 nitrogen and oxygen atoms in total. The second-order valence-corrected chi connectivity index (χ2v) is 5.89. The molecule has 0 atom stereocenters. The summed E-state index contributed by atoms with van der Waals surface area (Å²) in [5.41, 5.74) is 5.19.